The van der Waals surface area contributed by atoms with Crippen molar-refractivity contribution >= 4 is 28.5 Å². The van der Waals surface area contributed by atoms with Gasteiger partial charge >= 0.3 is 7.12 Å². The fourth-order valence-electron chi connectivity index (χ4n) is 1.24. The highest BCUT2D eigenvalue weighted by Crippen LogP contribution is 2.13. The summed E-state index contributed by atoms with van der Waals surface area (Å²) in [4.78, 5) is 7.25. The van der Waals surface area contributed by atoms with E-state index in [2.05, 4.69) is 25.9 Å². The van der Waals surface area contributed by atoms with Crippen molar-refractivity contribution in [3.05, 3.63) is 41.1 Å². The predicted molar refractivity (Wildman–Crippen MR) is 97.5 cm³/mol. The molecule has 0 radical (unpaired) electrons. The summed E-state index contributed by atoms with van der Waals surface area (Å²) in [6.45, 7) is -12.7. The zero-order valence-electron chi connectivity index (χ0n) is 26.0. The SMILES string of the molecule is [2H]C([2H])([2H])C([2H])(Oc1ccc(B(O)O)cn1)C([2H])([2H])[2H].[2H]C([2H])([2H])C([2H])(Oc1ccc(Br)cn1)C([2H])([2H])[2H]. The lowest BCUT2D eigenvalue weighted by molar-refractivity contribution is 0.232. The molecule has 0 fully saturated rings. The first kappa shape index (κ1) is 7.72. The van der Waals surface area contributed by atoms with Gasteiger partial charge in [-0.05, 0) is 55.5 Å². The molecule has 6 nitrogen and oxygen atoms in total. The van der Waals surface area contributed by atoms with Crippen molar-refractivity contribution in [3.63, 3.8) is 0 Å². The van der Waals surface area contributed by atoms with Crippen LogP contribution in [-0.2, 0) is 0 Å². The van der Waals surface area contributed by atoms with E-state index >= 15 is 0 Å². The van der Waals surface area contributed by atoms with Gasteiger partial charge in [0.2, 0.25) is 11.8 Å². The zero-order chi connectivity index (χ0) is 30.0. The molecule has 0 amide bonds. The summed E-state index contributed by atoms with van der Waals surface area (Å²) in [5.41, 5.74) is 0.00991. The summed E-state index contributed by atoms with van der Waals surface area (Å²) < 4.78 is 111. The van der Waals surface area contributed by atoms with Crippen molar-refractivity contribution in [1.29, 1.82) is 0 Å². The van der Waals surface area contributed by atoms with Crippen LogP contribution in [0.15, 0.2) is 41.1 Å². The molecule has 2 aromatic heterocycles. The molecular weight excluding hydrogens is 375 g/mol. The Kier molecular flexibility index (Phi) is 3.31. The van der Waals surface area contributed by atoms with Gasteiger partial charge in [0.15, 0.2) is 0 Å². The molecule has 0 aromatic carbocycles. The average molecular weight is 411 g/mol. The Labute approximate surface area is 170 Å². The standard InChI is InChI=1S/C8H12BNO3.C8H10BrNO/c1-6(2)13-8-4-3-7(5-10-8)9(11)12;1-6(2)11-8-4-3-7(9)5-10-8/h3-6,11-12H,1-2H3;3-6H,1-2H3/i2*1D3,2D3,6D. The molecular formula is C16H22BBrN2O4. The summed E-state index contributed by atoms with van der Waals surface area (Å²) >= 11 is 3.12. The molecule has 2 rings (SSSR count). The molecule has 24 heavy (non-hydrogen) atoms. The quantitative estimate of drug-likeness (QED) is 0.734. The molecule has 0 unspecified atom stereocenters. The Hall–Kier alpha value is -1.64. The molecule has 8 heteroatoms. The first-order valence-corrected chi connectivity index (χ1v) is 6.97. The van der Waals surface area contributed by atoms with Crippen LogP contribution in [0.4, 0.5) is 0 Å². The lowest BCUT2D eigenvalue weighted by atomic mass is 9.82. The Morgan fingerprint density at radius 2 is 1.54 bits per heavy atom. The minimum atomic E-state index is -3.23. The van der Waals surface area contributed by atoms with Crippen LogP contribution in [0.2, 0.25) is 0 Å². The Bertz CT molecular complexity index is 1020. The van der Waals surface area contributed by atoms with Crippen LogP contribution < -0.4 is 14.9 Å². The zero-order valence-corrected chi connectivity index (χ0v) is 13.6. The number of hydrogen-bond donors (Lipinski definition) is 2. The lowest BCUT2D eigenvalue weighted by Gasteiger charge is -2.08. The van der Waals surface area contributed by atoms with E-state index in [1.165, 1.54) is 18.3 Å². The Morgan fingerprint density at radius 1 is 1.00 bits per heavy atom. The molecule has 0 aliphatic carbocycles. The van der Waals surface area contributed by atoms with Crippen LogP contribution in [0, 0.1) is 0 Å². The number of hydrogen-bond acceptors (Lipinski definition) is 6. The second-order valence-electron chi connectivity index (χ2n) is 3.98. The summed E-state index contributed by atoms with van der Waals surface area (Å²) in [5.74, 6) is -0.655. The molecule has 0 spiro atoms. The second kappa shape index (κ2) is 10.3. The average Bonchev–Trinajstić information content (AvgIpc) is 2.73. The van der Waals surface area contributed by atoms with Gasteiger partial charge in [0, 0.05) is 44.8 Å². The first-order chi connectivity index (χ1) is 16.9. The molecule has 0 saturated carbocycles. The summed E-state index contributed by atoms with van der Waals surface area (Å²) in [7, 11) is -1.78. The van der Waals surface area contributed by atoms with Gasteiger partial charge in [0.05, 0.1) is 14.9 Å². The highest BCUT2D eigenvalue weighted by molar-refractivity contribution is 9.10. The molecule has 0 saturated heterocycles. The van der Waals surface area contributed by atoms with Gasteiger partial charge in [-0.25, -0.2) is 9.97 Å². The van der Waals surface area contributed by atoms with Crippen molar-refractivity contribution in [2.45, 2.75) is 39.6 Å². The molecule has 2 heterocycles. The maximum absolute atomic E-state index is 8.86. The minimum absolute atomic E-state index is 0.00991. The van der Waals surface area contributed by atoms with E-state index in [0.29, 0.717) is 4.47 Å². The minimum Gasteiger partial charge on any atom is -0.475 e. The largest absolute Gasteiger partial charge is 0.490 e. The number of aromatic nitrogens is 2. The van der Waals surface area contributed by atoms with E-state index < -0.39 is 52.6 Å². The van der Waals surface area contributed by atoms with E-state index in [-0.39, 0.29) is 11.3 Å². The molecule has 0 aliphatic rings. The molecule has 0 aliphatic heterocycles. The third-order valence-electron chi connectivity index (χ3n) is 2.17. The normalized spacial score (nSPS) is 21.8. The Balaban J connectivity index is 0.000000382. The number of halogens is 1. The first-order valence-electron chi connectivity index (χ1n) is 13.2. The maximum Gasteiger partial charge on any atom is 0.490 e. The van der Waals surface area contributed by atoms with Crippen LogP contribution in [0.25, 0.3) is 0 Å². The number of pyridine rings is 2. The molecule has 2 aromatic rings. The lowest BCUT2D eigenvalue weighted by Crippen LogP contribution is -2.30. The summed E-state index contributed by atoms with van der Waals surface area (Å²) in [5, 5.41) is 17.7. The summed E-state index contributed by atoms with van der Waals surface area (Å²) in [6, 6.07) is 4.99. The highest BCUT2D eigenvalue weighted by atomic mass is 79.9. The topological polar surface area (TPSA) is 84.7 Å². The molecule has 0 bridgehead atoms. The fraction of sp³-hybridized carbons (Fsp3) is 0.375. The number of ether oxygens (including phenoxy) is 2. The van der Waals surface area contributed by atoms with E-state index in [1.807, 2.05) is 0 Å². The highest BCUT2D eigenvalue weighted by Gasteiger charge is 2.10. The van der Waals surface area contributed by atoms with Gasteiger partial charge in [-0.15, -0.1) is 0 Å². The summed E-state index contributed by atoms with van der Waals surface area (Å²) in [6.07, 6.45) is -3.94. The van der Waals surface area contributed by atoms with E-state index in [0.717, 1.165) is 18.3 Å². The number of nitrogens with zero attached hydrogens (tertiary/aromatic N) is 2. The molecule has 130 valence electrons. The maximum atomic E-state index is 8.86. The Morgan fingerprint density at radius 3 is 1.92 bits per heavy atom. The smallest absolute Gasteiger partial charge is 0.475 e. The third kappa shape index (κ3) is 8.28. The van der Waals surface area contributed by atoms with Gasteiger partial charge in [-0.1, -0.05) is 6.07 Å². The number of rotatable bonds is 5. The van der Waals surface area contributed by atoms with Crippen molar-refractivity contribution in [2.75, 3.05) is 0 Å². The second-order valence-corrected chi connectivity index (χ2v) is 4.90. The van der Waals surface area contributed by atoms with Crippen LogP contribution in [0.5, 0.6) is 11.8 Å². The third-order valence-corrected chi connectivity index (χ3v) is 2.64. The van der Waals surface area contributed by atoms with E-state index in [9.17, 15) is 0 Å². The van der Waals surface area contributed by atoms with Crippen LogP contribution >= 0.6 is 15.9 Å². The van der Waals surface area contributed by atoms with Crippen LogP contribution in [0.1, 0.15) is 46.6 Å². The predicted octanol–water partition coefficient (Wildman–Crippen LogP) is 2.18. The molecule has 0 atom stereocenters. The van der Waals surface area contributed by atoms with Gasteiger partial charge in [-0.2, -0.15) is 0 Å². The van der Waals surface area contributed by atoms with Crippen LogP contribution in [-0.4, -0.2) is 39.3 Å². The van der Waals surface area contributed by atoms with Crippen molar-refractivity contribution in [1.82, 2.24) is 9.97 Å². The molecule has 2 N–H and O–H groups in total. The van der Waals surface area contributed by atoms with Crippen molar-refractivity contribution in [3.8, 4) is 11.8 Å². The van der Waals surface area contributed by atoms with E-state index in [1.54, 1.807) is 0 Å². The van der Waals surface area contributed by atoms with Crippen LogP contribution in [0.3, 0.4) is 0 Å². The van der Waals surface area contributed by atoms with Gasteiger partial charge in [0.1, 0.15) is 0 Å². The van der Waals surface area contributed by atoms with E-state index in [4.69, 9.17) is 38.7 Å². The monoisotopic (exact) mass is 410 g/mol. The van der Waals surface area contributed by atoms with Gasteiger partial charge in [-0.3, -0.25) is 0 Å². The van der Waals surface area contributed by atoms with Crippen molar-refractivity contribution in [2.24, 2.45) is 0 Å². The van der Waals surface area contributed by atoms with Crippen molar-refractivity contribution < 1.29 is 38.7 Å². The fourth-order valence-corrected chi connectivity index (χ4v) is 1.47. The van der Waals surface area contributed by atoms with Gasteiger partial charge < -0.3 is 19.5 Å². The van der Waals surface area contributed by atoms with Gasteiger partial charge in [0.25, 0.3) is 0 Å².